The Labute approximate surface area is 144 Å². The first-order valence-electron chi connectivity index (χ1n) is 7.67. The highest BCUT2D eigenvalue weighted by Crippen LogP contribution is 2.27. The van der Waals surface area contributed by atoms with Gasteiger partial charge in [-0.1, -0.05) is 30.3 Å². The molecule has 126 valence electrons. The summed E-state index contributed by atoms with van der Waals surface area (Å²) in [6.45, 7) is 1.82. The average Bonchev–Trinajstić information content (AvgIpc) is 3.00. The maximum Gasteiger partial charge on any atom is 0.269 e. The maximum atomic E-state index is 12.2. The number of carbonyl (C=O) groups excluding carboxylic acids is 2. The van der Waals surface area contributed by atoms with Crippen molar-refractivity contribution in [3.8, 4) is 0 Å². The van der Waals surface area contributed by atoms with E-state index < -0.39 is 5.91 Å². The highest BCUT2D eigenvalue weighted by molar-refractivity contribution is 6.05. The van der Waals surface area contributed by atoms with Gasteiger partial charge < -0.3 is 10.3 Å². The molecular weight excluding hydrogens is 318 g/mol. The van der Waals surface area contributed by atoms with Gasteiger partial charge in [-0.2, -0.15) is 0 Å². The van der Waals surface area contributed by atoms with Crippen molar-refractivity contribution in [2.75, 3.05) is 4.90 Å². The van der Waals surface area contributed by atoms with Crippen molar-refractivity contribution >= 4 is 23.3 Å². The van der Waals surface area contributed by atoms with Gasteiger partial charge in [-0.25, -0.2) is 4.98 Å². The van der Waals surface area contributed by atoms with Gasteiger partial charge in [-0.15, -0.1) is 0 Å². The number of primary amides is 1. The van der Waals surface area contributed by atoms with Crippen LogP contribution in [-0.2, 0) is 11.3 Å². The first-order chi connectivity index (χ1) is 12.1. The molecule has 0 aliphatic rings. The van der Waals surface area contributed by atoms with Crippen LogP contribution in [-0.4, -0.2) is 26.3 Å². The summed E-state index contributed by atoms with van der Waals surface area (Å²) in [6.07, 6.45) is 4.64. The van der Waals surface area contributed by atoms with Gasteiger partial charge in [-0.05, 0) is 17.7 Å². The number of aromatic nitrogens is 3. The monoisotopic (exact) mass is 335 g/mol. The Kier molecular flexibility index (Phi) is 4.56. The summed E-state index contributed by atoms with van der Waals surface area (Å²) in [5.41, 5.74) is 7.25. The van der Waals surface area contributed by atoms with Crippen LogP contribution in [0.4, 0.5) is 11.5 Å². The second kappa shape index (κ2) is 6.96. The van der Waals surface area contributed by atoms with Crippen LogP contribution in [0, 0.1) is 0 Å². The lowest BCUT2D eigenvalue weighted by Gasteiger charge is -2.19. The van der Waals surface area contributed by atoms with Gasteiger partial charge in [-0.3, -0.25) is 19.5 Å². The molecule has 2 amide bonds. The molecule has 0 spiro atoms. The molecule has 0 radical (unpaired) electrons. The highest BCUT2D eigenvalue weighted by Gasteiger charge is 2.25. The molecule has 3 rings (SSSR count). The summed E-state index contributed by atoms with van der Waals surface area (Å²) in [5.74, 6) is -0.747. The molecule has 0 aliphatic heterocycles. The molecule has 0 bridgehead atoms. The Morgan fingerprint density at radius 2 is 1.92 bits per heavy atom. The number of pyridine rings is 1. The SMILES string of the molecule is CC(=O)N(c1cccnc1)c1ncn(Cc2ccccc2)c1C(N)=O. The second-order valence-corrected chi connectivity index (χ2v) is 5.46. The van der Waals surface area contributed by atoms with Crippen LogP contribution in [0.25, 0.3) is 0 Å². The van der Waals surface area contributed by atoms with E-state index in [0.717, 1.165) is 5.56 Å². The number of amides is 2. The fourth-order valence-electron chi connectivity index (χ4n) is 2.63. The van der Waals surface area contributed by atoms with E-state index in [0.29, 0.717) is 12.2 Å². The number of rotatable bonds is 5. The second-order valence-electron chi connectivity index (χ2n) is 5.46. The molecule has 0 saturated carbocycles. The summed E-state index contributed by atoms with van der Waals surface area (Å²) in [7, 11) is 0. The van der Waals surface area contributed by atoms with Crippen LogP contribution in [0.15, 0.2) is 61.2 Å². The number of carbonyl (C=O) groups is 2. The minimum absolute atomic E-state index is 0.169. The zero-order chi connectivity index (χ0) is 17.8. The summed E-state index contributed by atoms with van der Waals surface area (Å²) >= 11 is 0. The lowest BCUT2D eigenvalue weighted by Crippen LogP contribution is -2.27. The zero-order valence-corrected chi connectivity index (χ0v) is 13.7. The highest BCUT2D eigenvalue weighted by atomic mass is 16.2. The van der Waals surface area contributed by atoms with Crippen molar-refractivity contribution < 1.29 is 9.59 Å². The van der Waals surface area contributed by atoms with Crippen LogP contribution in [0.2, 0.25) is 0 Å². The van der Waals surface area contributed by atoms with Gasteiger partial charge in [0.15, 0.2) is 11.5 Å². The van der Waals surface area contributed by atoms with Gasteiger partial charge in [0.2, 0.25) is 5.91 Å². The lowest BCUT2D eigenvalue weighted by atomic mass is 10.2. The molecule has 7 heteroatoms. The summed E-state index contributed by atoms with van der Waals surface area (Å²) < 4.78 is 1.64. The van der Waals surface area contributed by atoms with Crippen molar-refractivity contribution in [3.05, 3.63) is 72.4 Å². The minimum atomic E-state index is -0.654. The van der Waals surface area contributed by atoms with Crippen molar-refractivity contribution in [2.45, 2.75) is 13.5 Å². The number of hydrogen-bond acceptors (Lipinski definition) is 4. The summed E-state index contributed by atoms with van der Waals surface area (Å²) in [5, 5.41) is 0. The quantitative estimate of drug-likeness (QED) is 0.772. The van der Waals surface area contributed by atoms with E-state index in [4.69, 9.17) is 5.73 Å². The standard InChI is InChI=1S/C18H17N5O2/c1-13(24)23(15-8-5-9-20-10-15)18-16(17(19)25)22(12-21-18)11-14-6-3-2-4-7-14/h2-10,12H,11H2,1H3,(H2,19,25). The van der Waals surface area contributed by atoms with E-state index in [1.807, 2.05) is 30.3 Å². The molecule has 3 aromatic rings. The number of benzene rings is 1. The van der Waals surface area contributed by atoms with E-state index in [1.54, 1.807) is 22.9 Å². The van der Waals surface area contributed by atoms with Crippen LogP contribution in [0.3, 0.4) is 0 Å². The Morgan fingerprint density at radius 1 is 1.16 bits per heavy atom. The molecule has 0 unspecified atom stereocenters. The largest absolute Gasteiger partial charge is 0.364 e. The first-order valence-corrected chi connectivity index (χ1v) is 7.67. The molecule has 0 fully saturated rings. The van der Waals surface area contributed by atoms with Crippen molar-refractivity contribution in [3.63, 3.8) is 0 Å². The molecular formula is C18H17N5O2. The molecule has 25 heavy (non-hydrogen) atoms. The predicted molar refractivity (Wildman–Crippen MR) is 93.3 cm³/mol. The van der Waals surface area contributed by atoms with Gasteiger partial charge in [0.25, 0.3) is 5.91 Å². The third-order valence-electron chi connectivity index (χ3n) is 3.68. The molecule has 2 aromatic heterocycles. The number of nitrogens with two attached hydrogens (primary N) is 1. The maximum absolute atomic E-state index is 12.2. The predicted octanol–water partition coefficient (Wildman–Crippen LogP) is 2.11. The van der Waals surface area contributed by atoms with Crippen molar-refractivity contribution in [1.82, 2.24) is 14.5 Å². The smallest absolute Gasteiger partial charge is 0.269 e. The summed E-state index contributed by atoms with van der Waals surface area (Å²) in [6, 6.07) is 13.0. The topological polar surface area (TPSA) is 94.1 Å². The first kappa shape index (κ1) is 16.4. The molecule has 1 aromatic carbocycles. The van der Waals surface area contributed by atoms with Crippen LogP contribution < -0.4 is 10.6 Å². The third-order valence-corrected chi connectivity index (χ3v) is 3.68. The van der Waals surface area contributed by atoms with E-state index >= 15 is 0 Å². The van der Waals surface area contributed by atoms with E-state index in [1.165, 1.54) is 24.3 Å². The number of hydrogen-bond donors (Lipinski definition) is 1. The minimum Gasteiger partial charge on any atom is -0.364 e. The van der Waals surface area contributed by atoms with Crippen LogP contribution >= 0.6 is 0 Å². The van der Waals surface area contributed by atoms with Crippen molar-refractivity contribution in [2.24, 2.45) is 5.73 Å². The third kappa shape index (κ3) is 3.40. The number of anilines is 2. The molecule has 0 saturated heterocycles. The Hall–Kier alpha value is -3.48. The normalized spacial score (nSPS) is 10.4. The van der Waals surface area contributed by atoms with Gasteiger partial charge >= 0.3 is 0 Å². The van der Waals surface area contributed by atoms with E-state index in [2.05, 4.69) is 9.97 Å². The fourth-order valence-corrected chi connectivity index (χ4v) is 2.63. The Bertz CT molecular complexity index is 890. The van der Waals surface area contributed by atoms with E-state index in [9.17, 15) is 9.59 Å². The van der Waals surface area contributed by atoms with E-state index in [-0.39, 0.29) is 17.4 Å². The molecule has 0 aliphatic carbocycles. The van der Waals surface area contributed by atoms with Gasteiger partial charge in [0.1, 0.15) is 0 Å². The molecule has 2 heterocycles. The molecule has 2 N–H and O–H groups in total. The van der Waals surface area contributed by atoms with Gasteiger partial charge in [0.05, 0.1) is 18.2 Å². The number of imidazole rings is 1. The van der Waals surface area contributed by atoms with Crippen LogP contribution in [0.1, 0.15) is 23.0 Å². The Morgan fingerprint density at radius 3 is 2.52 bits per heavy atom. The van der Waals surface area contributed by atoms with Gasteiger partial charge in [0, 0.05) is 19.7 Å². The zero-order valence-electron chi connectivity index (χ0n) is 13.7. The summed E-state index contributed by atoms with van der Waals surface area (Å²) in [4.78, 5) is 33.9. The fraction of sp³-hybridized carbons (Fsp3) is 0.111. The molecule has 7 nitrogen and oxygen atoms in total. The molecule has 0 atom stereocenters. The Balaban J connectivity index is 2.07. The number of nitrogens with zero attached hydrogens (tertiary/aromatic N) is 4. The van der Waals surface area contributed by atoms with Crippen molar-refractivity contribution in [1.29, 1.82) is 0 Å². The van der Waals surface area contributed by atoms with Crippen LogP contribution in [0.5, 0.6) is 0 Å². The lowest BCUT2D eigenvalue weighted by molar-refractivity contribution is -0.115. The average molecular weight is 335 g/mol.